The predicted octanol–water partition coefficient (Wildman–Crippen LogP) is 1.38. The lowest BCUT2D eigenvalue weighted by Crippen LogP contribution is -2.07. The maximum atomic E-state index is 12.4. The molecule has 17 heavy (non-hydrogen) atoms. The van der Waals surface area contributed by atoms with Crippen LogP contribution in [-0.4, -0.2) is 25.4 Å². The molecule has 2 heterocycles. The van der Waals surface area contributed by atoms with Crippen LogP contribution in [0, 0.1) is 0 Å². The number of fused-ring (bicyclic) bond motifs is 1. The molecule has 2 aromatic heterocycles. The Morgan fingerprint density at radius 1 is 1.41 bits per heavy atom. The highest BCUT2D eigenvalue weighted by molar-refractivity contribution is 5.69. The SMILES string of the molecule is O=C(O)Cc1cn2cc(C(F)(F)F)cnc2n1. The van der Waals surface area contributed by atoms with Crippen molar-refractivity contribution in [2.75, 3.05) is 0 Å². The Kier molecular flexibility index (Phi) is 2.49. The summed E-state index contributed by atoms with van der Waals surface area (Å²) in [7, 11) is 0. The normalized spacial score (nSPS) is 11.9. The van der Waals surface area contributed by atoms with E-state index in [1.807, 2.05) is 0 Å². The third-order valence-electron chi connectivity index (χ3n) is 2.02. The monoisotopic (exact) mass is 245 g/mol. The van der Waals surface area contributed by atoms with Gasteiger partial charge in [0.1, 0.15) is 0 Å². The van der Waals surface area contributed by atoms with Crippen LogP contribution in [0.3, 0.4) is 0 Å². The number of carboxylic acid groups (broad SMARTS) is 1. The molecule has 0 radical (unpaired) electrons. The average Bonchev–Trinajstić information content (AvgIpc) is 2.55. The quantitative estimate of drug-likeness (QED) is 0.867. The molecule has 0 unspecified atom stereocenters. The standard InChI is InChI=1S/C9H6F3N3O2/c10-9(11,12)5-2-13-8-14-6(1-7(16)17)4-15(8)3-5/h2-4H,1H2,(H,16,17). The number of hydrogen-bond donors (Lipinski definition) is 1. The highest BCUT2D eigenvalue weighted by atomic mass is 19.4. The van der Waals surface area contributed by atoms with Crippen LogP contribution in [0.4, 0.5) is 13.2 Å². The fraction of sp³-hybridized carbons (Fsp3) is 0.222. The first-order chi connectivity index (χ1) is 7.86. The van der Waals surface area contributed by atoms with Crippen LogP contribution in [0.5, 0.6) is 0 Å². The van der Waals surface area contributed by atoms with Gasteiger partial charge in [-0.15, -0.1) is 0 Å². The van der Waals surface area contributed by atoms with Crippen molar-refractivity contribution in [3.05, 3.63) is 29.8 Å². The van der Waals surface area contributed by atoms with Gasteiger partial charge in [0.25, 0.3) is 0 Å². The number of aliphatic carboxylic acids is 1. The van der Waals surface area contributed by atoms with Crippen LogP contribution >= 0.6 is 0 Å². The zero-order chi connectivity index (χ0) is 12.6. The third kappa shape index (κ3) is 2.35. The van der Waals surface area contributed by atoms with Gasteiger partial charge in [-0.2, -0.15) is 13.2 Å². The molecule has 0 spiro atoms. The minimum atomic E-state index is -4.49. The van der Waals surface area contributed by atoms with E-state index in [1.165, 1.54) is 6.20 Å². The Morgan fingerprint density at radius 3 is 2.71 bits per heavy atom. The van der Waals surface area contributed by atoms with E-state index in [9.17, 15) is 18.0 Å². The number of rotatable bonds is 2. The number of aromatic nitrogens is 3. The van der Waals surface area contributed by atoms with Crippen LogP contribution in [-0.2, 0) is 17.4 Å². The topological polar surface area (TPSA) is 67.5 Å². The van der Waals surface area contributed by atoms with Crippen LogP contribution < -0.4 is 0 Å². The first-order valence-electron chi connectivity index (χ1n) is 4.49. The van der Waals surface area contributed by atoms with Crippen LogP contribution in [0.15, 0.2) is 18.6 Å². The van der Waals surface area contributed by atoms with Gasteiger partial charge in [0.2, 0.25) is 5.78 Å². The molecule has 0 aromatic carbocycles. The summed E-state index contributed by atoms with van der Waals surface area (Å²) in [5, 5.41) is 8.53. The van der Waals surface area contributed by atoms with Gasteiger partial charge < -0.3 is 5.11 Å². The second-order valence-corrected chi connectivity index (χ2v) is 3.35. The van der Waals surface area contributed by atoms with E-state index < -0.39 is 17.7 Å². The summed E-state index contributed by atoms with van der Waals surface area (Å²) in [6.45, 7) is 0. The van der Waals surface area contributed by atoms with Crippen molar-refractivity contribution in [2.24, 2.45) is 0 Å². The van der Waals surface area contributed by atoms with Crippen molar-refractivity contribution < 1.29 is 23.1 Å². The predicted molar refractivity (Wildman–Crippen MR) is 49.3 cm³/mol. The second kappa shape index (κ2) is 3.72. The van der Waals surface area contributed by atoms with E-state index in [2.05, 4.69) is 9.97 Å². The molecule has 0 aliphatic rings. The lowest BCUT2D eigenvalue weighted by atomic mass is 10.3. The van der Waals surface area contributed by atoms with E-state index in [0.717, 1.165) is 10.6 Å². The molecule has 2 aromatic rings. The second-order valence-electron chi connectivity index (χ2n) is 3.35. The summed E-state index contributed by atoms with van der Waals surface area (Å²) < 4.78 is 38.2. The maximum absolute atomic E-state index is 12.4. The zero-order valence-electron chi connectivity index (χ0n) is 8.27. The van der Waals surface area contributed by atoms with Gasteiger partial charge >= 0.3 is 12.1 Å². The number of carboxylic acids is 1. The molecule has 1 N–H and O–H groups in total. The smallest absolute Gasteiger partial charge is 0.419 e. The fourth-order valence-corrected chi connectivity index (χ4v) is 1.32. The molecular formula is C9H6F3N3O2. The van der Waals surface area contributed by atoms with Gasteiger partial charge in [-0.1, -0.05) is 0 Å². The molecule has 0 fully saturated rings. The molecule has 0 aliphatic heterocycles. The van der Waals surface area contributed by atoms with Gasteiger partial charge in [-0.25, -0.2) is 9.97 Å². The number of imidazole rings is 1. The molecule has 0 aliphatic carbocycles. The van der Waals surface area contributed by atoms with Gasteiger partial charge in [-0.3, -0.25) is 9.20 Å². The number of halogens is 3. The lowest BCUT2D eigenvalue weighted by Gasteiger charge is -2.05. The van der Waals surface area contributed by atoms with Gasteiger partial charge in [0, 0.05) is 18.6 Å². The number of nitrogens with zero attached hydrogens (tertiary/aromatic N) is 3. The van der Waals surface area contributed by atoms with E-state index in [0.29, 0.717) is 6.20 Å². The number of hydrogen-bond acceptors (Lipinski definition) is 3. The molecule has 0 bridgehead atoms. The Bertz CT molecular complexity index is 576. The Labute approximate surface area is 92.5 Å². The van der Waals surface area contributed by atoms with Crippen molar-refractivity contribution in [3.8, 4) is 0 Å². The molecule has 0 amide bonds. The first-order valence-corrected chi connectivity index (χ1v) is 4.49. The molecule has 0 saturated carbocycles. The minimum absolute atomic E-state index is 0.0363. The average molecular weight is 245 g/mol. The molecule has 2 rings (SSSR count). The van der Waals surface area contributed by atoms with Crippen LogP contribution in [0.1, 0.15) is 11.3 Å². The fourth-order valence-electron chi connectivity index (χ4n) is 1.32. The van der Waals surface area contributed by atoms with Crippen molar-refractivity contribution in [1.29, 1.82) is 0 Å². The largest absolute Gasteiger partial charge is 0.481 e. The number of alkyl halides is 3. The Morgan fingerprint density at radius 2 is 2.12 bits per heavy atom. The highest BCUT2D eigenvalue weighted by Gasteiger charge is 2.31. The van der Waals surface area contributed by atoms with Crippen molar-refractivity contribution in [2.45, 2.75) is 12.6 Å². The summed E-state index contributed by atoms with van der Waals surface area (Å²) in [4.78, 5) is 17.7. The van der Waals surface area contributed by atoms with Crippen molar-refractivity contribution in [1.82, 2.24) is 14.4 Å². The summed E-state index contributed by atoms with van der Waals surface area (Å²) in [5.41, 5.74) is -0.756. The maximum Gasteiger partial charge on any atom is 0.419 e. The third-order valence-corrected chi connectivity index (χ3v) is 2.02. The minimum Gasteiger partial charge on any atom is -0.481 e. The molecule has 0 atom stereocenters. The molecule has 0 saturated heterocycles. The molecule has 8 heteroatoms. The van der Waals surface area contributed by atoms with E-state index >= 15 is 0 Å². The van der Waals surface area contributed by atoms with E-state index in [-0.39, 0.29) is 17.9 Å². The summed E-state index contributed by atoms with van der Waals surface area (Å²) in [6, 6.07) is 0. The summed E-state index contributed by atoms with van der Waals surface area (Å²) >= 11 is 0. The van der Waals surface area contributed by atoms with Crippen molar-refractivity contribution >= 4 is 11.7 Å². The van der Waals surface area contributed by atoms with Crippen molar-refractivity contribution in [3.63, 3.8) is 0 Å². The van der Waals surface area contributed by atoms with Crippen LogP contribution in [0.25, 0.3) is 5.78 Å². The van der Waals surface area contributed by atoms with Crippen LogP contribution in [0.2, 0.25) is 0 Å². The van der Waals surface area contributed by atoms with Gasteiger partial charge in [0.15, 0.2) is 0 Å². The molecular weight excluding hydrogens is 239 g/mol. The van der Waals surface area contributed by atoms with E-state index in [1.54, 1.807) is 0 Å². The Hall–Kier alpha value is -2.12. The van der Waals surface area contributed by atoms with Gasteiger partial charge in [0.05, 0.1) is 17.7 Å². The summed E-state index contributed by atoms with van der Waals surface area (Å²) in [6.07, 6.45) is -2.15. The number of carbonyl (C=O) groups is 1. The summed E-state index contributed by atoms with van der Waals surface area (Å²) in [5.74, 6) is -1.07. The Balaban J connectivity index is 2.44. The molecule has 90 valence electrons. The lowest BCUT2D eigenvalue weighted by molar-refractivity contribution is -0.138. The first kappa shape index (κ1) is 11.4. The van der Waals surface area contributed by atoms with Gasteiger partial charge in [-0.05, 0) is 0 Å². The van der Waals surface area contributed by atoms with E-state index in [4.69, 9.17) is 5.11 Å². The zero-order valence-corrected chi connectivity index (χ0v) is 8.27. The molecule has 5 nitrogen and oxygen atoms in total. The highest BCUT2D eigenvalue weighted by Crippen LogP contribution is 2.28.